The number of hydrogen-bond acceptors (Lipinski definition) is 5. The van der Waals surface area contributed by atoms with Gasteiger partial charge in [-0.05, 0) is 29.1 Å². The molecule has 0 saturated carbocycles. The zero-order chi connectivity index (χ0) is 13.8. The normalized spacial score (nSPS) is 10.8. The van der Waals surface area contributed by atoms with Crippen molar-refractivity contribution in [3.05, 3.63) is 58.3 Å². The molecule has 3 rings (SSSR count). The molecule has 1 aromatic carbocycles. The fourth-order valence-electron chi connectivity index (χ4n) is 1.66. The second-order valence-corrected chi connectivity index (χ2v) is 6.48. The molecule has 2 aromatic heterocycles. The molecule has 0 atom stereocenters. The maximum absolute atomic E-state index is 5.85. The van der Waals surface area contributed by atoms with Gasteiger partial charge in [0.1, 0.15) is 0 Å². The Bertz CT molecular complexity index is 665. The first kappa shape index (κ1) is 13.7. The Hall–Kier alpha value is -1.30. The van der Waals surface area contributed by atoms with Gasteiger partial charge >= 0.3 is 0 Å². The van der Waals surface area contributed by atoms with Crippen LogP contribution in [0.15, 0.2) is 46.3 Å². The van der Waals surface area contributed by atoms with E-state index in [1.54, 1.807) is 23.1 Å². The van der Waals surface area contributed by atoms with E-state index < -0.39 is 0 Å². The van der Waals surface area contributed by atoms with E-state index in [0.717, 1.165) is 15.7 Å². The Labute approximate surface area is 130 Å². The van der Waals surface area contributed by atoms with Crippen molar-refractivity contribution < 1.29 is 4.52 Å². The van der Waals surface area contributed by atoms with E-state index in [1.165, 1.54) is 5.56 Å². The lowest BCUT2D eigenvalue weighted by molar-refractivity contribution is 0.392. The van der Waals surface area contributed by atoms with Crippen molar-refractivity contribution in [3.8, 4) is 10.7 Å². The van der Waals surface area contributed by atoms with Crippen LogP contribution in [0.25, 0.3) is 10.7 Å². The summed E-state index contributed by atoms with van der Waals surface area (Å²) in [5.41, 5.74) is 1.23. The summed E-state index contributed by atoms with van der Waals surface area (Å²) >= 11 is 9.20. The molecule has 3 nitrogen and oxygen atoms in total. The van der Waals surface area contributed by atoms with E-state index in [-0.39, 0.29) is 0 Å². The number of halogens is 1. The Balaban J connectivity index is 1.55. The van der Waals surface area contributed by atoms with Crippen molar-refractivity contribution in [2.75, 3.05) is 0 Å². The first-order valence-corrected chi connectivity index (χ1v) is 8.41. The molecule has 0 aliphatic rings. The highest BCUT2D eigenvalue weighted by Gasteiger charge is 2.09. The summed E-state index contributed by atoms with van der Waals surface area (Å²) in [6.45, 7) is 0. The van der Waals surface area contributed by atoms with Crippen molar-refractivity contribution in [1.29, 1.82) is 0 Å². The van der Waals surface area contributed by atoms with Crippen molar-refractivity contribution in [3.63, 3.8) is 0 Å². The highest BCUT2D eigenvalue weighted by atomic mass is 35.5. The van der Waals surface area contributed by atoms with Gasteiger partial charge in [-0.25, -0.2) is 0 Å². The first-order chi connectivity index (χ1) is 9.81. The Kier molecular flexibility index (Phi) is 4.40. The first-order valence-electron chi connectivity index (χ1n) is 6.00. The summed E-state index contributed by atoms with van der Waals surface area (Å²) in [6.07, 6.45) is 0. The summed E-state index contributed by atoms with van der Waals surface area (Å²) in [7, 11) is 0. The molecule has 0 unspecified atom stereocenters. The van der Waals surface area contributed by atoms with Crippen LogP contribution < -0.4 is 0 Å². The Morgan fingerprint density at radius 1 is 1.15 bits per heavy atom. The summed E-state index contributed by atoms with van der Waals surface area (Å²) in [4.78, 5) is 5.42. The van der Waals surface area contributed by atoms with E-state index >= 15 is 0 Å². The predicted octanol–water partition coefficient (Wildman–Crippen LogP) is 4.88. The third-order valence-corrected chi connectivity index (χ3v) is 4.72. The Morgan fingerprint density at radius 3 is 2.75 bits per heavy atom. The van der Waals surface area contributed by atoms with Crippen LogP contribution in [0.4, 0.5) is 0 Å². The summed E-state index contributed by atoms with van der Waals surface area (Å²) in [5.74, 6) is 2.93. The van der Waals surface area contributed by atoms with E-state index in [0.29, 0.717) is 17.5 Å². The molecule has 0 bridgehead atoms. The van der Waals surface area contributed by atoms with Crippen LogP contribution in [0, 0.1) is 0 Å². The average Bonchev–Trinajstić information content (AvgIpc) is 3.11. The summed E-state index contributed by atoms with van der Waals surface area (Å²) in [5, 5.41) is 6.75. The van der Waals surface area contributed by atoms with E-state index in [9.17, 15) is 0 Å². The number of hydrogen-bond donors (Lipinski definition) is 0. The summed E-state index contributed by atoms with van der Waals surface area (Å²) < 4.78 is 5.25. The maximum Gasteiger partial charge on any atom is 0.236 e. The lowest BCUT2D eigenvalue weighted by Gasteiger charge is -1.99. The van der Waals surface area contributed by atoms with E-state index in [2.05, 4.69) is 10.1 Å². The minimum Gasteiger partial charge on any atom is -0.338 e. The molecule has 3 aromatic rings. The fraction of sp³-hybridized carbons (Fsp3) is 0.143. The van der Waals surface area contributed by atoms with Crippen LogP contribution in [-0.2, 0) is 11.5 Å². The largest absolute Gasteiger partial charge is 0.338 e. The van der Waals surface area contributed by atoms with Crippen LogP contribution in [0.5, 0.6) is 0 Å². The molecule has 0 spiro atoms. The molecule has 0 aliphatic heterocycles. The van der Waals surface area contributed by atoms with Gasteiger partial charge in [0, 0.05) is 10.8 Å². The topological polar surface area (TPSA) is 38.9 Å². The number of nitrogens with zero attached hydrogens (tertiary/aromatic N) is 2. The standard InChI is InChI=1S/C14H11ClN2OS2/c15-11-5-3-10(4-6-11)8-19-9-13-16-14(17-18-13)12-2-1-7-20-12/h1-7H,8-9H2. The molecule has 0 N–H and O–H groups in total. The lowest BCUT2D eigenvalue weighted by Crippen LogP contribution is -1.84. The van der Waals surface area contributed by atoms with Crippen LogP contribution in [0.3, 0.4) is 0 Å². The van der Waals surface area contributed by atoms with E-state index in [1.807, 2.05) is 41.8 Å². The highest BCUT2D eigenvalue weighted by molar-refractivity contribution is 7.97. The van der Waals surface area contributed by atoms with Gasteiger partial charge in [-0.15, -0.1) is 23.1 Å². The molecule has 0 amide bonds. The smallest absolute Gasteiger partial charge is 0.236 e. The molecule has 0 aliphatic carbocycles. The van der Waals surface area contributed by atoms with Crippen molar-refractivity contribution in [2.45, 2.75) is 11.5 Å². The molecular weight excluding hydrogens is 312 g/mol. The van der Waals surface area contributed by atoms with Gasteiger partial charge in [0.25, 0.3) is 0 Å². The van der Waals surface area contributed by atoms with Crippen molar-refractivity contribution in [1.82, 2.24) is 10.1 Å². The average molecular weight is 323 g/mol. The number of benzene rings is 1. The van der Waals surface area contributed by atoms with Gasteiger partial charge in [0.05, 0.1) is 10.6 Å². The molecule has 2 heterocycles. The van der Waals surface area contributed by atoms with Crippen LogP contribution in [-0.4, -0.2) is 10.1 Å². The number of thiophene rings is 1. The van der Waals surface area contributed by atoms with E-state index in [4.69, 9.17) is 16.1 Å². The van der Waals surface area contributed by atoms with Gasteiger partial charge in [0.15, 0.2) is 0 Å². The molecular formula is C14H11ClN2OS2. The molecule has 102 valence electrons. The molecule has 0 fully saturated rings. The lowest BCUT2D eigenvalue weighted by atomic mass is 10.2. The molecule has 0 radical (unpaired) electrons. The summed E-state index contributed by atoms with van der Waals surface area (Å²) in [6, 6.07) is 11.8. The quantitative estimate of drug-likeness (QED) is 0.670. The van der Waals surface area contributed by atoms with Crippen LogP contribution >= 0.6 is 34.7 Å². The number of aromatic nitrogens is 2. The van der Waals surface area contributed by atoms with Crippen LogP contribution in [0.2, 0.25) is 5.02 Å². The minimum atomic E-state index is 0.660. The second kappa shape index (κ2) is 6.43. The maximum atomic E-state index is 5.85. The monoisotopic (exact) mass is 322 g/mol. The molecule has 0 saturated heterocycles. The van der Waals surface area contributed by atoms with Gasteiger partial charge < -0.3 is 4.52 Å². The third kappa shape index (κ3) is 3.42. The molecule has 20 heavy (non-hydrogen) atoms. The zero-order valence-corrected chi connectivity index (χ0v) is 12.8. The molecule has 6 heteroatoms. The Morgan fingerprint density at radius 2 is 2.00 bits per heavy atom. The SMILES string of the molecule is Clc1ccc(CSCc2nc(-c3cccs3)no2)cc1. The minimum absolute atomic E-state index is 0.660. The van der Waals surface area contributed by atoms with Crippen molar-refractivity contribution >= 4 is 34.7 Å². The van der Waals surface area contributed by atoms with Gasteiger partial charge in [-0.2, -0.15) is 4.98 Å². The third-order valence-electron chi connectivity index (χ3n) is 2.62. The number of thioether (sulfide) groups is 1. The highest BCUT2D eigenvalue weighted by Crippen LogP contribution is 2.23. The predicted molar refractivity (Wildman–Crippen MR) is 84.1 cm³/mol. The number of rotatable bonds is 5. The second-order valence-electron chi connectivity index (χ2n) is 4.11. The van der Waals surface area contributed by atoms with Crippen molar-refractivity contribution in [2.24, 2.45) is 0 Å². The van der Waals surface area contributed by atoms with Gasteiger partial charge in [0.2, 0.25) is 11.7 Å². The van der Waals surface area contributed by atoms with Gasteiger partial charge in [-0.3, -0.25) is 0 Å². The fourth-order valence-corrected chi connectivity index (χ4v) is 3.25. The van der Waals surface area contributed by atoms with Gasteiger partial charge in [-0.1, -0.05) is 35.0 Å². The zero-order valence-electron chi connectivity index (χ0n) is 10.5. The van der Waals surface area contributed by atoms with Crippen LogP contribution in [0.1, 0.15) is 11.5 Å².